The number of aromatic nitrogens is 2. The van der Waals surface area contributed by atoms with E-state index in [9.17, 15) is 29.1 Å². The standard InChI is InChI=1S/C24H20FN4O8P/c25-17-6-1-15(2-7-17)3-10-23(30)26-18-8-4-16(5-9-18)24-27-19-13-22(37-11-12-38(34,35)36)21(29(32)33)14-20(19)28(24)31/h1-10,13-14,31H,11-12H2,(H,26,30)(H2,34,35,36)/b10-3+. The minimum atomic E-state index is -4.36. The Balaban J connectivity index is 1.53. The van der Waals surface area contributed by atoms with Gasteiger partial charge in [-0.05, 0) is 48.0 Å². The number of nitro groups is 1. The Kier molecular flexibility index (Phi) is 7.53. The van der Waals surface area contributed by atoms with E-state index < -0.39 is 36.9 Å². The Morgan fingerprint density at radius 2 is 1.84 bits per heavy atom. The summed E-state index contributed by atoms with van der Waals surface area (Å²) in [5, 5.41) is 24.8. The summed E-state index contributed by atoms with van der Waals surface area (Å²) in [4.78, 5) is 45.2. The highest BCUT2D eigenvalue weighted by molar-refractivity contribution is 7.51. The number of carbonyl (C=O) groups is 1. The largest absolute Gasteiger partial charge is 0.486 e. The normalized spacial score (nSPS) is 11.7. The molecule has 0 fully saturated rings. The van der Waals surface area contributed by atoms with E-state index in [1.165, 1.54) is 42.5 Å². The highest BCUT2D eigenvalue weighted by atomic mass is 31.2. The van der Waals surface area contributed by atoms with Crippen LogP contribution >= 0.6 is 7.60 Å². The van der Waals surface area contributed by atoms with Gasteiger partial charge in [0.25, 0.3) is 0 Å². The van der Waals surface area contributed by atoms with E-state index in [0.717, 1.165) is 6.07 Å². The molecule has 0 saturated carbocycles. The summed E-state index contributed by atoms with van der Waals surface area (Å²) >= 11 is 0. The van der Waals surface area contributed by atoms with Gasteiger partial charge in [-0.1, -0.05) is 12.1 Å². The van der Waals surface area contributed by atoms with Crippen LogP contribution < -0.4 is 10.1 Å². The molecule has 0 saturated heterocycles. The summed E-state index contributed by atoms with van der Waals surface area (Å²) in [5.74, 6) is -1.01. The first-order valence-electron chi connectivity index (χ1n) is 10.9. The highest BCUT2D eigenvalue weighted by Gasteiger charge is 2.23. The van der Waals surface area contributed by atoms with Crippen LogP contribution in [-0.2, 0) is 9.36 Å². The molecule has 14 heteroatoms. The first-order valence-corrected chi connectivity index (χ1v) is 12.7. The van der Waals surface area contributed by atoms with Crippen LogP contribution in [-0.4, -0.2) is 48.3 Å². The zero-order valence-electron chi connectivity index (χ0n) is 19.4. The summed E-state index contributed by atoms with van der Waals surface area (Å²) in [6, 6.07) is 14.1. The second-order valence-electron chi connectivity index (χ2n) is 8.00. The molecular weight excluding hydrogens is 522 g/mol. The number of imidazole rings is 1. The molecule has 4 N–H and O–H groups in total. The molecule has 0 atom stereocenters. The van der Waals surface area contributed by atoms with Crippen LogP contribution in [0.1, 0.15) is 5.56 Å². The number of rotatable bonds is 9. The maximum Gasteiger partial charge on any atom is 0.328 e. The zero-order valence-corrected chi connectivity index (χ0v) is 20.3. The molecule has 0 spiro atoms. The van der Waals surface area contributed by atoms with Crippen LogP contribution in [0.25, 0.3) is 28.5 Å². The van der Waals surface area contributed by atoms with Gasteiger partial charge in [0, 0.05) is 29.5 Å². The van der Waals surface area contributed by atoms with Crippen molar-refractivity contribution >= 4 is 42.0 Å². The maximum atomic E-state index is 13.0. The average molecular weight is 542 g/mol. The fourth-order valence-electron chi connectivity index (χ4n) is 3.43. The predicted molar refractivity (Wildman–Crippen MR) is 135 cm³/mol. The minimum Gasteiger partial charge on any atom is -0.486 e. The molecule has 196 valence electrons. The average Bonchev–Trinajstić information content (AvgIpc) is 3.18. The Morgan fingerprint density at radius 1 is 1.16 bits per heavy atom. The van der Waals surface area contributed by atoms with Gasteiger partial charge in [-0.3, -0.25) is 19.5 Å². The Bertz CT molecular complexity index is 1580. The highest BCUT2D eigenvalue weighted by Crippen LogP contribution is 2.36. The molecule has 4 aromatic rings. The van der Waals surface area contributed by atoms with E-state index >= 15 is 0 Å². The van der Waals surface area contributed by atoms with E-state index in [1.54, 1.807) is 24.3 Å². The molecule has 3 aromatic carbocycles. The number of benzene rings is 3. The van der Waals surface area contributed by atoms with Crippen molar-refractivity contribution in [2.45, 2.75) is 0 Å². The molecule has 0 aliphatic rings. The van der Waals surface area contributed by atoms with Crippen molar-refractivity contribution < 1.29 is 38.4 Å². The zero-order chi connectivity index (χ0) is 27.4. The predicted octanol–water partition coefficient (Wildman–Crippen LogP) is 4.20. The van der Waals surface area contributed by atoms with Crippen molar-refractivity contribution in [3.8, 4) is 17.1 Å². The van der Waals surface area contributed by atoms with Crippen molar-refractivity contribution in [1.82, 2.24) is 9.71 Å². The van der Waals surface area contributed by atoms with Gasteiger partial charge in [0.1, 0.15) is 11.3 Å². The fourth-order valence-corrected chi connectivity index (χ4v) is 3.76. The molecule has 1 heterocycles. The van der Waals surface area contributed by atoms with Crippen LogP contribution in [0, 0.1) is 15.9 Å². The lowest BCUT2D eigenvalue weighted by Gasteiger charge is -2.08. The topological polar surface area (TPSA) is 177 Å². The molecule has 1 amide bonds. The fraction of sp³-hybridized carbons (Fsp3) is 0.0833. The van der Waals surface area contributed by atoms with Gasteiger partial charge in [-0.25, -0.2) is 9.37 Å². The summed E-state index contributed by atoms with van der Waals surface area (Å²) in [7, 11) is -4.36. The third-order valence-corrected chi connectivity index (χ3v) is 6.02. The van der Waals surface area contributed by atoms with E-state index in [-0.39, 0.29) is 28.4 Å². The van der Waals surface area contributed by atoms with Gasteiger partial charge in [-0.15, -0.1) is 0 Å². The molecule has 0 aliphatic carbocycles. The number of nitrogens with one attached hydrogen (secondary N) is 1. The van der Waals surface area contributed by atoms with Crippen molar-refractivity contribution in [1.29, 1.82) is 0 Å². The number of ether oxygens (including phenoxy) is 1. The molecule has 38 heavy (non-hydrogen) atoms. The molecule has 0 aliphatic heterocycles. The smallest absolute Gasteiger partial charge is 0.328 e. The number of amides is 1. The van der Waals surface area contributed by atoms with Crippen molar-refractivity contribution in [3.05, 3.63) is 88.2 Å². The SMILES string of the molecule is O=C(/C=C/c1ccc(F)cc1)Nc1ccc(-c2nc3cc(OCCP(=O)(O)O)c([N+](=O)[O-])cc3n2O)cc1. The number of nitrogens with zero attached hydrogens (tertiary/aromatic N) is 3. The molecule has 1 aromatic heterocycles. The number of anilines is 1. The first kappa shape index (κ1) is 26.5. The maximum absolute atomic E-state index is 13.0. The minimum absolute atomic E-state index is 0.0114. The second-order valence-corrected chi connectivity index (χ2v) is 9.78. The van der Waals surface area contributed by atoms with Crippen molar-refractivity contribution in [2.24, 2.45) is 0 Å². The van der Waals surface area contributed by atoms with Gasteiger partial charge in [-0.2, -0.15) is 4.73 Å². The number of hydrogen-bond donors (Lipinski definition) is 4. The lowest BCUT2D eigenvalue weighted by atomic mass is 10.2. The first-order chi connectivity index (χ1) is 18.0. The van der Waals surface area contributed by atoms with Crippen molar-refractivity contribution in [2.75, 3.05) is 18.1 Å². The van der Waals surface area contributed by atoms with Crippen LogP contribution in [0.5, 0.6) is 5.75 Å². The molecule has 4 rings (SSSR count). The Hall–Kier alpha value is -4.58. The lowest BCUT2D eigenvalue weighted by Crippen LogP contribution is -2.07. The quantitative estimate of drug-likeness (QED) is 0.0793. The summed E-state index contributed by atoms with van der Waals surface area (Å²) in [5.41, 5.74) is 1.15. The summed E-state index contributed by atoms with van der Waals surface area (Å²) < 4.78 is 29.9. The second kappa shape index (κ2) is 10.8. The van der Waals surface area contributed by atoms with E-state index in [2.05, 4.69) is 10.3 Å². The van der Waals surface area contributed by atoms with Crippen LogP contribution in [0.2, 0.25) is 0 Å². The lowest BCUT2D eigenvalue weighted by molar-refractivity contribution is -0.385. The molecule has 0 bridgehead atoms. The summed E-state index contributed by atoms with van der Waals surface area (Å²) in [6.07, 6.45) is 2.19. The number of carbonyl (C=O) groups excluding carboxylic acids is 1. The van der Waals surface area contributed by atoms with Crippen LogP contribution in [0.4, 0.5) is 15.8 Å². The van der Waals surface area contributed by atoms with Gasteiger partial charge in [0.2, 0.25) is 5.91 Å². The number of hydrogen-bond acceptors (Lipinski definition) is 7. The summed E-state index contributed by atoms with van der Waals surface area (Å²) in [6.45, 7) is -0.463. The van der Waals surface area contributed by atoms with E-state index in [0.29, 0.717) is 21.5 Å². The molecular formula is C24H20FN4O8P. The van der Waals surface area contributed by atoms with Crippen LogP contribution in [0.15, 0.2) is 66.7 Å². The molecule has 0 radical (unpaired) electrons. The van der Waals surface area contributed by atoms with Crippen molar-refractivity contribution in [3.63, 3.8) is 0 Å². The van der Waals surface area contributed by atoms with Gasteiger partial charge in [0.05, 0.1) is 23.2 Å². The number of halogens is 1. The van der Waals surface area contributed by atoms with Gasteiger partial charge >= 0.3 is 13.3 Å². The van der Waals surface area contributed by atoms with Crippen LogP contribution in [0.3, 0.4) is 0 Å². The Morgan fingerprint density at radius 3 is 2.47 bits per heavy atom. The molecule has 0 unspecified atom stereocenters. The third kappa shape index (κ3) is 6.40. The monoisotopic (exact) mass is 542 g/mol. The number of nitro benzene ring substituents is 1. The Labute approximate surface area is 213 Å². The molecule has 12 nitrogen and oxygen atoms in total. The van der Waals surface area contributed by atoms with E-state index in [1.807, 2.05) is 0 Å². The number of fused-ring (bicyclic) bond motifs is 1. The van der Waals surface area contributed by atoms with Gasteiger partial charge in [0.15, 0.2) is 11.6 Å². The van der Waals surface area contributed by atoms with Gasteiger partial charge < -0.3 is 25.0 Å². The third-order valence-electron chi connectivity index (χ3n) is 5.26. The van der Waals surface area contributed by atoms with E-state index in [4.69, 9.17) is 14.5 Å².